The van der Waals surface area contributed by atoms with Crippen molar-refractivity contribution >= 4 is 52.3 Å². The molecule has 34 heavy (non-hydrogen) atoms. The van der Waals surface area contributed by atoms with Crippen LogP contribution in [0.15, 0.2) is 74.7 Å². The van der Waals surface area contributed by atoms with Crippen LogP contribution in [0.1, 0.15) is 25.1 Å². The van der Waals surface area contributed by atoms with Crippen molar-refractivity contribution in [2.24, 2.45) is 9.98 Å². The van der Waals surface area contributed by atoms with E-state index in [1.807, 2.05) is 37.3 Å². The molecule has 1 fully saturated rings. The maximum atomic E-state index is 13.7. The first-order valence-electron chi connectivity index (χ1n) is 10.7. The van der Waals surface area contributed by atoms with Gasteiger partial charge in [0.1, 0.15) is 17.2 Å². The highest BCUT2D eigenvalue weighted by Crippen LogP contribution is 2.34. The number of piperidine rings is 1. The molecule has 1 saturated heterocycles. The number of nitrogens with one attached hydrogen (secondary N) is 2. The van der Waals surface area contributed by atoms with Crippen LogP contribution in [0.5, 0.6) is 0 Å². The van der Waals surface area contributed by atoms with Crippen molar-refractivity contribution in [2.75, 3.05) is 13.6 Å². The van der Waals surface area contributed by atoms with Crippen LogP contribution in [-0.4, -0.2) is 36.5 Å². The Bertz CT molecular complexity index is 1410. The van der Waals surface area contributed by atoms with E-state index in [2.05, 4.69) is 27.3 Å². The molecule has 2 aromatic carbocycles. The van der Waals surface area contributed by atoms with Gasteiger partial charge in [0.05, 0.1) is 27.2 Å². The summed E-state index contributed by atoms with van der Waals surface area (Å²) in [7, 11) is 1.60. The van der Waals surface area contributed by atoms with Gasteiger partial charge in [-0.3, -0.25) is 19.1 Å². The Balaban J connectivity index is 1.96. The van der Waals surface area contributed by atoms with Crippen molar-refractivity contribution in [3.05, 3.63) is 86.0 Å². The lowest BCUT2D eigenvalue weighted by molar-refractivity contribution is -0.115. The fraction of sp³-hybridized carbons (Fsp3) is 0.200. The number of aliphatic imine (C=N–C) groups is 2. The molecule has 0 spiro atoms. The number of hydrogen-bond acceptors (Lipinski definition) is 5. The largest absolute Gasteiger partial charge is 0.369 e. The number of amidine groups is 1. The van der Waals surface area contributed by atoms with Crippen LogP contribution in [0.2, 0.25) is 10.0 Å². The number of nitrogens with zero attached hydrogens (tertiary/aromatic N) is 3. The minimum absolute atomic E-state index is 0.0988. The number of aromatic nitrogens is 1. The molecule has 3 aromatic rings. The zero-order valence-electron chi connectivity index (χ0n) is 18.7. The van der Waals surface area contributed by atoms with Gasteiger partial charge in [-0.05, 0) is 31.8 Å². The third-order valence-electron chi connectivity index (χ3n) is 5.69. The van der Waals surface area contributed by atoms with Gasteiger partial charge >= 0.3 is 0 Å². The van der Waals surface area contributed by atoms with E-state index in [9.17, 15) is 9.59 Å². The van der Waals surface area contributed by atoms with Gasteiger partial charge in [0.2, 0.25) is 0 Å². The molecule has 2 N–H and O–H groups in total. The predicted molar refractivity (Wildman–Crippen MR) is 139 cm³/mol. The highest BCUT2D eigenvalue weighted by molar-refractivity contribution is 6.40. The molecular weight excluding hydrogens is 473 g/mol. The highest BCUT2D eigenvalue weighted by Gasteiger charge is 2.28. The molecule has 174 valence electrons. The number of carbonyl (C=O) groups excluding carboxylic acids is 1. The molecule has 1 atom stereocenters. The van der Waals surface area contributed by atoms with Gasteiger partial charge in [0.25, 0.3) is 5.56 Å². The quantitative estimate of drug-likeness (QED) is 0.404. The molecule has 0 amide bonds. The van der Waals surface area contributed by atoms with Gasteiger partial charge in [-0.25, -0.2) is 4.99 Å². The number of Topliss-reactive ketones (excluding diaryl/α,β-unsaturated/α-hetero) is 1. The average Bonchev–Trinajstić information content (AvgIpc) is 2.84. The summed E-state index contributed by atoms with van der Waals surface area (Å²) in [6.07, 6.45) is 0.313. The van der Waals surface area contributed by atoms with Crippen LogP contribution in [-0.2, 0) is 4.79 Å². The van der Waals surface area contributed by atoms with Crippen LogP contribution in [0.25, 0.3) is 16.5 Å². The number of hydrogen-bond donors (Lipinski definition) is 2. The standard InChI is InChI=1S/C25H23Cl2N5O2/c1-14(31-24(29-3)20-18(33)12-13-30-23(20)28-2)22-21(27)16-10-7-11-17(26)19(16)25(34)32(22)15-8-5-4-6-9-15/h4-11,14,31H,3,12-13H2,1-2H3,(H,28,30)/b24-20+/t14-/m0/s1. The van der Waals surface area contributed by atoms with Crippen molar-refractivity contribution < 1.29 is 4.79 Å². The summed E-state index contributed by atoms with van der Waals surface area (Å²) in [5.41, 5.74) is 1.16. The van der Waals surface area contributed by atoms with Crippen molar-refractivity contribution in [2.45, 2.75) is 19.4 Å². The van der Waals surface area contributed by atoms with Crippen molar-refractivity contribution in [3.8, 4) is 5.69 Å². The Labute approximate surface area is 206 Å². The third kappa shape index (κ3) is 4.13. The number of halogens is 2. The predicted octanol–water partition coefficient (Wildman–Crippen LogP) is 4.45. The highest BCUT2D eigenvalue weighted by atomic mass is 35.5. The maximum Gasteiger partial charge on any atom is 0.264 e. The van der Waals surface area contributed by atoms with E-state index in [0.29, 0.717) is 56.6 Å². The Hall–Kier alpha value is -3.42. The fourth-order valence-electron chi connectivity index (χ4n) is 4.14. The number of para-hydroxylation sites is 1. The summed E-state index contributed by atoms with van der Waals surface area (Å²) < 4.78 is 1.54. The zero-order chi connectivity index (χ0) is 24.4. The van der Waals surface area contributed by atoms with Gasteiger partial charge in [0, 0.05) is 31.1 Å². The maximum absolute atomic E-state index is 13.7. The van der Waals surface area contributed by atoms with Gasteiger partial charge in [0.15, 0.2) is 5.78 Å². The average molecular weight is 496 g/mol. The fourth-order valence-corrected chi connectivity index (χ4v) is 4.81. The molecule has 0 radical (unpaired) electrons. The number of rotatable bonds is 5. The topological polar surface area (TPSA) is 87.8 Å². The number of pyridine rings is 1. The first-order valence-corrected chi connectivity index (χ1v) is 11.4. The van der Waals surface area contributed by atoms with Crippen molar-refractivity contribution in [1.82, 2.24) is 15.2 Å². The summed E-state index contributed by atoms with van der Waals surface area (Å²) in [6.45, 7) is 5.98. The molecule has 1 aliphatic rings. The monoisotopic (exact) mass is 495 g/mol. The first kappa shape index (κ1) is 23.7. The third-order valence-corrected chi connectivity index (χ3v) is 6.40. The van der Waals surface area contributed by atoms with Gasteiger partial charge in [-0.15, -0.1) is 0 Å². The lowest BCUT2D eigenvalue weighted by atomic mass is 10.0. The lowest BCUT2D eigenvalue weighted by Gasteiger charge is -2.26. The summed E-state index contributed by atoms with van der Waals surface area (Å²) in [5.74, 6) is 0.605. The van der Waals surface area contributed by atoms with Gasteiger partial charge < -0.3 is 10.6 Å². The molecule has 0 aliphatic carbocycles. The minimum atomic E-state index is -0.537. The van der Waals surface area contributed by atoms with Crippen molar-refractivity contribution in [1.29, 1.82) is 0 Å². The van der Waals surface area contributed by atoms with E-state index >= 15 is 0 Å². The van der Waals surface area contributed by atoms with Crippen LogP contribution in [0.4, 0.5) is 0 Å². The van der Waals surface area contributed by atoms with Gasteiger partial charge in [-0.1, -0.05) is 53.5 Å². The summed E-state index contributed by atoms with van der Waals surface area (Å²) in [6, 6.07) is 13.8. The van der Waals surface area contributed by atoms with E-state index in [0.717, 1.165) is 0 Å². The second-order valence-corrected chi connectivity index (χ2v) is 8.54. The smallest absolute Gasteiger partial charge is 0.264 e. The van der Waals surface area contributed by atoms with E-state index in [1.165, 1.54) is 4.57 Å². The Morgan fingerprint density at radius 1 is 1.15 bits per heavy atom. The summed E-state index contributed by atoms with van der Waals surface area (Å²) in [5, 5.41) is 7.91. The molecule has 0 saturated carbocycles. The molecule has 9 heteroatoms. The van der Waals surface area contributed by atoms with Crippen LogP contribution in [0.3, 0.4) is 0 Å². The number of ketones is 1. The van der Waals surface area contributed by atoms with E-state index in [1.54, 1.807) is 25.2 Å². The van der Waals surface area contributed by atoms with E-state index < -0.39 is 6.04 Å². The Kier molecular flexibility index (Phi) is 6.86. The first-order chi connectivity index (χ1) is 16.4. The van der Waals surface area contributed by atoms with Crippen LogP contribution in [0, 0.1) is 0 Å². The van der Waals surface area contributed by atoms with Crippen LogP contribution >= 0.6 is 23.2 Å². The number of benzene rings is 2. The molecule has 1 aromatic heterocycles. The minimum Gasteiger partial charge on any atom is -0.369 e. The zero-order valence-corrected chi connectivity index (χ0v) is 20.2. The molecule has 1 aliphatic heterocycles. The second kappa shape index (κ2) is 9.83. The lowest BCUT2D eigenvalue weighted by Crippen LogP contribution is -2.39. The molecule has 7 nitrogen and oxygen atoms in total. The second-order valence-electron chi connectivity index (χ2n) is 7.76. The van der Waals surface area contributed by atoms with Gasteiger partial charge in [-0.2, -0.15) is 0 Å². The van der Waals surface area contributed by atoms with Crippen LogP contribution < -0.4 is 16.2 Å². The van der Waals surface area contributed by atoms with E-state index in [4.69, 9.17) is 23.2 Å². The number of fused-ring (bicyclic) bond motifs is 1. The molecule has 2 heterocycles. The normalized spacial score (nSPS) is 17.4. The Morgan fingerprint density at radius 3 is 2.56 bits per heavy atom. The molecular formula is C25H23Cl2N5O2. The molecule has 4 rings (SSSR count). The summed E-state index contributed by atoms with van der Waals surface area (Å²) >= 11 is 13.3. The summed E-state index contributed by atoms with van der Waals surface area (Å²) in [4.78, 5) is 34.7. The Morgan fingerprint density at radius 2 is 1.88 bits per heavy atom. The molecule has 0 bridgehead atoms. The number of carbonyl (C=O) groups is 1. The SMILES string of the molecule is C=N/C(N[C@@H](C)c1c(Cl)c2cccc(Cl)c2c(=O)n1-c1ccccc1)=C1/C(=O)CCN/C1=N/C. The van der Waals surface area contributed by atoms with Crippen molar-refractivity contribution in [3.63, 3.8) is 0 Å². The van der Waals surface area contributed by atoms with E-state index in [-0.39, 0.29) is 17.2 Å². The molecule has 0 unspecified atom stereocenters.